The maximum atomic E-state index is 13.0. The summed E-state index contributed by atoms with van der Waals surface area (Å²) in [6.45, 7) is 0. The lowest BCUT2D eigenvalue weighted by Crippen LogP contribution is -2.18. The summed E-state index contributed by atoms with van der Waals surface area (Å²) >= 11 is 8.55. The Balaban J connectivity index is 2.85. The molecule has 0 fully saturated rings. The summed E-state index contributed by atoms with van der Waals surface area (Å²) in [7, 11) is 0. The van der Waals surface area contributed by atoms with Crippen LogP contribution < -0.4 is 0 Å². The molecule has 0 aromatic heterocycles. The SMILES string of the molecule is OC(CCCl)C(O)c1cc(F)cc(Br)c1. The van der Waals surface area contributed by atoms with Gasteiger partial charge in [0.15, 0.2) is 0 Å². The maximum Gasteiger partial charge on any atom is 0.124 e. The average molecular weight is 298 g/mol. The Morgan fingerprint density at radius 2 is 2.00 bits per heavy atom. The van der Waals surface area contributed by atoms with Gasteiger partial charge < -0.3 is 10.2 Å². The minimum absolute atomic E-state index is 0.245. The van der Waals surface area contributed by atoms with E-state index in [-0.39, 0.29) is 12.3 Å². The fourth-order valence-electron chi connectivity index (χ4n) is 1.24. The standard InChI is InChI=1S/C10H11BrClFO2/c11-7-3-6(4-8(13)5-7)10(15)9(14)1-2-12/h3-5,9-10,14-15H,1-2H2. The van der Waals surface area contributed by atoms with Crippen molar-refractivity contribution in [3.8, 4) is 0 Å². The van der Waals surface area contributed by atoms with E-state index in [9.17, 15) is 14.6 Å². The molecule has 0 heterocycles. The smallest absolute Gasteiger partial charge is 0.124 e. The predicted octanol–water partition coefficient (Wildman–Crippen LogP) is 2.61. The second kappa shape index (κ2) is 5.80. The second-order valence-electron chi connectivity index (χ2n) is 3.19. The molecule has 0 spiro atoms. The summed E-state index contributed by atoms with van der Waals surface area (Å²) in [5, 5.41) is 19.2. The molecule has 2 atom stereocenters. The Kier molecular flexibility index (Phi) is 4.99. The van der Waals surface area contributed by atoms with Crippen LogP contribution in [0.3, 0.4) is 0 Å². The zero-order valence-corrected chi connectivity index (χ0v) is 10.2. The van der Waals surface area contributed by atoms with E-state index in [0.717, 1.165) is 0 Å². The zero-order chi connectivity index (χ0) is 11.4. The van der Waals surface area contributed by atoms with Gasteiger partial charge in [0.25, 0.3) is 0 Å². The summed E-state index contributed by atoms with van der Waals surface area (Å²) < 4.78 is 13.5. The molecule has 0 aliphatic carbocycles. The lowest BCUT2D eigenvalue weighted by atomic mass is 10.0. The van der Waals surface area contributed by atoms with Crippen molar-refractivity contribution < 1.29 is 14.6 Å². The van der Waals surface area contributed by atoms with Crippen LogP contribution in [0, 0.1) is 5.82 Å². The lowest BCUT2D eigenvalue weighted by molar-refractivity contribution is 0.0168. The van der Waals surface area contributed by atoms with Crippen molar-refractivity contribution >= 4 is 27.5 Å². The molecule has 0 amide bonds. The summed E-state index contributed by atoms with van der Waals surface area (Å²) in [5.41, 5.74) is 0.333. The molecule has 1 aromatic rings. The molecule has 0 aliphatic heterocycles. The molecule has 2 N–H and O–H groups in total. The average Bonchev–Trinajstić information content (AvgIpc) is 2.15. The Bertz CT molecular complexity index is 315. The Labute approximate surface area is 101 Å². The Hall–Kier alpha value is -0.160. The summed E-state index contributed by atoms with van der Waals surface area (Å²) in [5.74, 6) is -0.217. The minimum atomic E-state index is -1.12. The first-order chi connectivity index (χ1) is 7.04. The van der Waals surface area contributed by atoms with Gasteiger partial charge in [-0.05, 0) is 30.2 Å². The molecule has 5 heteroatoms. The van der Waals surface area contributed by atoms with Crippen molar-refractivity contribution in [2.75, 3.05) is 5.88 Å². The summed E-state index contributed by atoms with van der Waals surface area (Å²) in [6.07, 6.45) is -1.83. The van der Waals surface area contributed by atoms with Crippen LogP contribution in [-0.2, 0) is 0 Å². The third-order valence-electron chi connectivity index (χ3n) is 2.00. The van der Waals surface area contributed by atoms with Crippen LogP contribution in [0.2, 0.25) is 0 Å². The molecule has 0 radical (unpaired) electrons. The number of halogens is 3. The molecule has 1 rings (SSSR count). The highest BCUT2D eigenvalue weighted by molar-refractivity contribution is 9.10. The van der Waals surface area contributed by atoms with Crippen LogP contribution in [0.1, 0.15) is 18.1 Å². The van der Waals surface area contributed by atoms with Gasteiger partial charge in [0.2, 0.25) is 0 Å². The van der Waals surface area contributed by atoms with Crippen molar-refractivity contribution in [1.82, 2.24) is 0 Å². The highest BCUT2D eigenvalue weighted by atomic mass is 79.9. The molecule has 1 aromatic carbocycles. The van der Waals surface area contributed by atoms with E-state index < -0.39 is 18.0 Å². The number of rotatable bonds is 4. The lowest BCUT2D eigenvalue weighted by Gasteiger charge is -2.17. The third-order valence-corrected chi connectivity index (χ3v) is 2.67. The summed E-state index contributed by atoms with van der Waals surface area (Å²) in [4.78, 5) is 0. The quantitative estimate of drug-likeness (QED) is 0.839. The van der Waals surface area contributed by atoms with E-state index in [4.69, 9.17) is 11.6 Å². The van der Waals surface area contributed by atoms with Crippen molar-refractivity contribution in [3.63, 3.8) is 0 Å². The maximum absolute atomic E-state index is 13.0. The first-order valence-electron chi connectivity index (χ1n) is 4.42. The Morgan fingerprint density at radius 3 is 2.53 bits per heavy atom. The molecule has 2 nitrogen and oxygen atoms in total. The van der Waals surface area contributed by atoms with Crippen LogP contribution in [0.25, 0.3) is 0 Å². The molecule has 0 bridgehead atoms. The Morgan fingerprint density at radius 1 is 1.33 bits per heavy atom. The number of benzene rings is 1. The number of hydrogen-bond acceptors (Lipinski definition) is 2. The van der Waals surface area contributed by atoms with Gasteiger partial charge in [-0.3, -0.25) is 0 Å². The number of aliphatic hydroxyl groups excluding tert-OH is 2. The monoisotopic (exact) mass is 296 g/mol. The van der Waals surface area contributed by atoms with E-state index in [2.05, 4.69) is 15.9 Å². The predicted molar refractivity (Wildman–Crippen MR) is 60.4 cm³/mol. The first-order valence-corrected chi connectivity index (χ1v) is 5.75. The molecule has 0 aliphatic rings. The van der Waals surface area contributed by atoms with Crippen molar-refractivity contribution in [3.05, 3.63) is 34.1 Å². The minimum Gasteiger partial charge on any atom is -0.390 e. The van der Waals surface area contributed by atoms with Gasteiger partial charge in [-0.15, -0.1) is 11.6 Å². The highest BCUT2D eigenvalue weighted by Gasteiger charge is 2.18. The number of alkyl halides is 1. The van der Waals surface area contributed by atoms with Crippen LogP contribution in [0.15, 0.2) is 22.7 Å². The van der Waals surface area contributed by atoms with Crippen molar-refractivity contribution in [2.24, 2.45) is 0 Å². The third kappa shape index (κ3) is 3.72. The topological polar surface area (TPSA) is 40.5 Å². The highest BCUT2D eigenvalue weighted by Crippen LogP contribution is 2.23. The molecule has 0 saturated heterocycles. The van der Waals surface area contributed by atoms with E-state index in [1.54, 1.807) is 6.07 Å². The van der Waals surface area contributed by atoms with Gasteiger partial charge in [-0.1, -0.05) is 15.9 Å². The molecular weight excluding hydrogens is 286 g/mol. The fraction of sp³-hybridized carbons (Fsp3) is 0.400. The number of aliphatic hydroxyl groups is 2. The van der Waals surface area contributed by atoms with Crippen molar-refractivity contribution in [2.45, 2.75) is 18.6 Å². The summed E-state index contributed by atoms with van der Waals surface area (Å²) in [6, 6.07) is 4.03. The van der Waals surface area contributed by atoms with Gasteiger partial charge in [0.1, 0.15) is 11.9 Å². The molecule has 2 unspecified atom stereocenters. The molecule has 0 saturated carbocycles. The van der Waals surface area contributed by atoms with Gasteiger partial charge in [0, 0.05) is 10.4 Å². The van der Waals surface area contributed by atoms with Crippen LogP contribution in [-0.4, -0.2) is 22.2 Å². The van der Waals surface area contributed by atoms with Crippen molar-refractivity contribution in [1.29, 1.82) is 0 Å². The van der Waals surface area contributed by atoms with Gasteiger partial charge in [-0.25, -0.2) is 4.39 Å². The van der Waals surface area contributed by atoms with Crippen LogP contribution in [0.4, 0.5) is 4.39 Å². The van der Waals surface area contributed by atoms with E-state index in [1.165, 1.54) is 12.1 Å². The van der Waals surface area contributed by atoms with E-state index in [1.807, 2.05) is 0 Å². The van der Waals surface area contributed by atoms with Gasteiger partial charge in [0.05, 0.1) is 6.10 Å². The normalized spacial score (nSPS) is 15.0. The van der Waals surface area contributed by atoms with Gasteiger partial charge >= 0.3 is 0 Å². The van der Waals surface area contributed by atoms with E-state index >= 15 is 0 Å². The number of hydrogen-bond donors (Lipinski definition) is 2. The van der Waals surface area contributed by atoms with Crippen LogP contribution >= 0.6 is 27.5 Å². The fourth-order valence-corrected chi connectivity index (χ4v) is 1.94. The zero-order valence-electron chi connectivity index (χ0n) is 7.83. The van der Waals surface area contributed by atoms with E-state index in [0.29, 0.717) is 10.0 Å². The molecule has 15 heavy (non-hydrogen) atoms. The first kappa shape index (κ1) is 12.9. The second-order valence-corrected chi connectivity index (χ2v) is 4.49. The molecular formula is C10H11BrClFO2. The van der Waals surface area contributed by atoms with Gasteiger partial charge in [-0.2, -0.15) is 0 Å². The molecule has 84 valence electrons. The van der Waals surface area contributed by atoms with Crippen LogP contribution in [0.5, 0.6) is 0 Å². The largest absolute Gasteiger partial charge is 0.390 e.